The number of nitrogens with zero attached hydrogens (tertiary/aromatic N) is 3. The molecule has 1 aromatic carbocycles. The summed E-state index contributed by atoms with van der Waals surface area (Å²) in [6.07, 6.45) is 3.83. The number of carboxylic acid groups (broad SMARTS) is 1. The van der Waals surface area contributed by atoms with Crippen LogP contribution in [0.4, 0.5) is 4.39 Å². The van der Waals surface area contributed by atoms with Gasteiger partial charge in [0.1, 0.15) is 5.82 Å². The van der Waals surface area contributed by atoms with Gasteiger partial charge in [-0.15, -0.1) is 5.10 Å². The maximum absolute atomic E-state index is 14.1. The second-order valence-electron chi connectivity index (χ2n) is 5.47. The van der Waals surface area contributed by atoms with Crippen molar-refractivity contribution in [2.24, 2.45) is 0 Å². The average Bonchev–Trinajstić information content (AvgIpc) is 2.89. The topological polar surface area (TPSA) is 76.6 Å². The Kier molecular flexibility index (Phi) is 5.11. The van der Waals surface area contributed by atoms with Crippen LogP contribution in [-0.4, -0.2) is 25.3 Å². The van der Waals surface area contributed by atoms with Crippen molar-refractivity contribution in [1.82, 2.24) is 14.2 Å². The molecule has 134 valence electrons. The molecule has 0 atom stereocenters. The number of carboxylic acids is 1. The molecule has 0 unspecified atom stereocenters. The van der Waals surface area contributed by atoms with Crippen molar-refractivity contribution in [2.75, 3.05) is 0 Å². The number of aliphatic carboxylic acids is 1. The summed E-state index contributed by atoms with van der Waals surface area (Å²) < 4.78 is 16.7. The van der Waals surface area contributed by atoms with E-state index in [-0.39, 0.29) is 23.7 Å². The molecule has 0 aliphatic carbocycles. The summed E-state index contributed by atoms with van der Waals surface area (Å²) >= 11 is 11.8. The van der Waals surface area contributed by atoms with Crippen LogP contribution in [0.1, 0.15) is 11.1 Å². The van der Waals surface area contributed by atoms with E-state index < -0.39 is 11.8 Å². The second-order valence-corrected chi connectivity index (χ2v) is 6.31. The highest BCUT2D eigenvalue weighted by Crippen LogP contribution is 2.23. The summed E-state index contributed by atoms with van der Waals surface area (Å²) in [6, 6.07) is 5.80. The molecule has 3 aromatic rings. The SMILES string of the molecule is O=C(O)/C=C/c1cc(CCn2nc3ccc(Cl)cn3c2=O)c(F)cc1Cl. The lowest BCUT2D eigenvalue weighted by Gasteiger charge is -2.06. The number of aryl methyl sites for hydroxylation is 2. The molecular formula is C17H12Cl2FN3O3. The van der Waals surface area contributed by atoms with E-state index in [0.717, 1.165) is 12.1 Å². The van der Waals surface area contributed by atoms with E-state index in [9.17, 15) is 14.0 Å². The summed E-state index contributed by atoms with van der Waals surface area (Å²) in [7, 11) is 0. The van der Waals surface area contributed by atoms with E-state index in [2.05, 4.69) is 5.10 Å². The Hall–Kier alpha value is -2.64. The van der Waals surface area contributed by atoms with Crippen molar-refractivity contribution in [3.63, 3.8) is 0 Å². The number of carbonyl (C=O) groups is 1. The van der Waals surface area contributed by atoms with Crippen LogP contribution in [0.25, 0.3) is 11.7 Å². The molecule has 0 fully saturated rings. The predicted molar refractivity (Wildman–Crippen MR) is 96.2 cm³/mol. The predicted octanol–water partition coefficient (Wildman–Crippen LogP) is 3.28. The smallest absolute Gasteiger partial charge is 0.350 e. The number of hydrogen-bond donors (Lipinski definition) is 1. The molecule has 2 heterocycles. The van der Waals surface area contributed by atoms with Crippen LogP contribution in [-0.2, 0) is 17.8 Å². The zero-order valence-corrected chi connectivity index (χ0v) is 14.7. The van der Waals surface area contributed by atoms with Gasteiger partial charge in [0.25, 0.3) is 0 Å². The molecule has 0 spiro atoms. The van der Waals surface area contributed by atoms with Gasteiger partial charge in [0.05, 0.1) is 16.6 Å². The van der Waals surface area contributed by atoms with Crippen molar-refractivity contribution in [2.45, 2.75) is 13.0 Å². The molecule has 2 aromatic heterocycles. The number of rotatable bonds is 5. The van der Waals surface area contributed by atoms with Crippen molar-refractivity contribution in [3.8, 4) is 0 Å². The van der Waals surface area contributed by atoms with Gasteiger partial charge >= 0.3 is 11.7 Å². The molecule has 0 aliphatic heterocycles. The van der Waals surface area contributed by atoms with E-state index in [0.29, 0.717) is 21.8 Å². The van der Waals surface area contributed by atoms with E-state index in [1.165, 1.54) is 27.4 Å². The van der Waals surface area contributed by atoms with Crippen LogP contribution < -0.4 is 5.69 Å². The highest BCUT2D eigenvalue weighted by atomic mass is 35.5. The van der Waals surface area contributed by atoms with Gasteiger partial charge in [-0.2, -0.15) is 0 Å². The fourth-order valence-corrected chi connectivity index (χ4v) is 2.83. The Bertz CT molecular complexity index is 1090. The first kappa shape index (κ1) is 18.2. The monoisotopic (exact) mass is 395 g/mol. The molecule has 0 radical (unpaired) electrons. The fourth-order valence-electron chi connectivity index (χ4n) is 2.46. The third-order valence-electron chi connectivity index (χ3n) is 3.71. The lowest BCUT2D eigenvalue weighted by molar-refractivity contribution is -0.131. The average molecular weight is 396 g/mol. The first-order valence-electron chi connectivity index (χ1n) is 7.49. The molecule has 26 heavy (non-hydrogen) atoms. The Morgan fingerprint density at radius 3 is 2.81 bits per heavy atom. The van der Waals surface area contributed by atoms with Crippen molar-refractivity contribution >= 4 is 40.9 Å². The van der Waals surface area contributed by atoms with Gasteiger partial charge in [-0.1, -0.05) is 23.2 Å². The molecule has 1 N–H and O–H groups in total. The Balaban J connectivity index is 1.88. The van der Waals surface area contributed by atoms with E-state index in [1.807, 2.05) is 0 Å². The van der Waals surface area contributed by atoms with Crippen molar-refractivity contribution in [3.05, 3.63) is 74.0 Å². The lowest BCUT2D eigenvalue weighted by atomic mass is 10.1. The third-order valence-corrected chi connectivity index (χ3v) is 4.26. The van der Waals surface area contributed by atoms with Gasteiger partial charge < -0.3 is 5.11 Å². The van der Waals surface area contributed by atoms with Crippen LogP contribution in [0.5, 0.6) is 0 Å². The second kappa shape index (κ2) is 7.31. The molecule has 0 amide bonds. The van der Waals surface area contributed by atoms with E-state index in [1.54, 1.807) is 12.1 Å². The van der Waals surface area contributed by atoms with Gasteiger partial charge in [-0.3, -0.25) is 0 Å². The van der Waals surface area contributed by atoms with E-state index >= 15 is 0 Å². The van der Waals surface area contributed by atoms with Gasteiger partial charge in [-0.05, 0) is 47.9 Å². The zero-order chi connectivity index (χ0) is 18.8. The van der Waals surface area contributed by atoms with Gasteiger partial charge in [0.2, 0.25) is 0 Å². The van der Waals surface area contributed by atoms with Crippen molar-refractivity contribution in [1.29, 1.82) is 0 Å². The molecule has 0 saturated heterocycles. The lowest BCUT2D eigenvalue weighted by Crippen LogP contribution is -2.22. The highest BCUT2D eigenvalue weighted by molar-refractivity contribution is 6.32. The highest BCUT2D eigenvalue weighted by Gasteiger charge is 2.11. The first-order chi connectivity index (χ1) is 12.3. The molecule has 0 bridgehead atoms. The van der Waals surface area contributed by atoms with Crippen LogP contribution in [0.2, 0.25) is 10.0 Å². The minimum absolute atomic E-state index is 0.100. The Morgan fingerprint density at radius 2 is 2.08 bits per heavy atom. The normalized spacial score (nSPS) is 11.5. The van der Waals surface area contributed by atoms with E-state index in [4.69, 9.17) is 28.3 Å². The summed E-state index contributed by atoms with van der Waals surface area (Å²) in [5.74, 6) is -1.68. The zero-order valence-electron chi connectivity index (χ0n) is 13.2. The number of hydrogen-bond acceptors (Lipinski definition) is 3. The molecule has 3 rings (SSSR count). The van der Waals surface area contributed by atoms with Crippen molar-refractivity contribution < 1.29 is 14.3 Å². The van der Waals surface area contributed by atoms with Crippen LogP contribution in [0, 0.1) is 5.82 Å². The number of halogens is 3. The number of fused-ring (bicyclic) bond motifs is 1. The Labute approximate surface area is 156 Å². The molecule has 9 heteroatoms. The quantitative estimate of drug-likeness (QED) is 0.672. The first-order valence-corrected chi connectivity index (χ1v) is 8.24. The van der Waals surface area contributed by atoms with Gasteiger partial charge in [-0.25, -0.2) is 23.1 Å². The minimum Gasteiger partial charge on any atom is -0.478 e. The third kappa shape index (κ3) is 3.79. The van der Waals surface area contributed by atoms with Gasteiger partial charge in [0.15, 0.2) is 5.65 Å². The van der Waals surface area contributed by atoms with Crippen LogP contribution in [0.15, 0.2) is 41.3 Å². The van der Waals surface area contributed by atoms with Gasteiger partial charge in [0, 0.05) is 12.3 Å². The summed E-state index contributed by atoms with van der Waals surface area (Å²) in [6.45, 7) is 0.138. The summed E-state index contributed by atoms with van der Waals surface area (Å²) in [5.41, 5.74) is 0.713. The number of aromatic nitrogens is 3. The molecule has 0 aliphatic rings. The standard InChI is InChI=1S/C17H12Cl2FN3O3/c18-12-2-3-15-21-23(17(26)22(15)9-12)6-5-11-7-10(1-4-16(24)25)13(19)8-14(11)20/h1-4,7-9H,5-6H2,(H,24,25)/b4-1+. The van der Waals surface area contributed by atoms with Crippen LogP contribution >= 0.6 is 23.2 Å². The number of benzene rings is 1. The molecule has 6 nitrogen and oxygen atoms in total. The maximum atomic E-state index is 14.1. The number of pyridine rings is 1. The fraction of sp³-hybridized carbons (Fsp3) is 0.118. The summed E-state index contributed by atoms with van der Waals surface area (Å²) in [4.78, 5) is 22.9. The summed E-state index contributed by atoms with van der Waals surface area (Å²) in [5, 5.41) is 13.4. The molecular weight excluding hydrogens is 384 g/mol. The van der Waals surface area contributed by atoms with Crippen LogP contribution in [0.3, 0.4) is 0 Å². The maximum Gasteiger partial charge on any atom is 0.350 e. The molecule has 0 saturated carbocycles. The largest absolute Gasteiger partial charge is 0.478 e. The Morgan fingerprint density at radius 1 is 1.31 bits per heavy atom. The minimum atomic E-state index is -1.14.